The number of thiophene rings is 1. The van der Waals surface area contributed by atoms with Gasteiger partial charge in [0.25, 0.3) is 0 Å². The zero-order valence-corrected chi connectivity index (χ0v) is 17.3. The van der Waals surface area contributed by atoms with E-state index in [9.17, 15) is 4.79 Å². The number of nitrogens with one attached hydrogen (secondary N) is 1. The van der Waals surface area contributed by atoms with E-state index in [0.717, 1.165) is 63.5 Å². The van der Waals surface area contributed by atoms with E-state index < -0.39 is 0 Å². The molecule has 2 aromatic rings. The van der Waals surface area contributed by atoms with Crippen molar-refractivity contribution in [1.82, 2.24) is 25.0 Å². The van der Waals surface area contributed by atoms with Crippen LogP contribution >= 0.6 is 11.3 Å². The van der Waals surface area contributed by atoms with Crippen LogP contribution in [0.25, 0.3) is 0 Å². The first-order valence-electron chi connectivity index (χ1n) is 10.2. The van der Waals surface area contributed by atoms with Crippen molar-refractivity contribution in [2.45, 2.75) is 45.7 Å². The second-order valence-electron chi connectivity index (χ2n) is 7.66. The van der Waals surface area contributed by atoms with Gasteiger partial charge in [-0.3, -0.25) is 9.69 Å². The van der Waals surface area contributed by atoms with E-state index >= 15 is 0 Å². The third-order valence-electron chi connectivity index (χ3n) is 5.77. The van der Waals surface area contributed by atoms with Crippen molar-refractivity contribution >= 4 is 17.2 Å². The molecule has 1 N–H and O–H groups in total. The van der Waals surface area contributed by atoms with E-state index in [2.05, 4.69) is 43.4 Å². The Hall–Kier alpha value is -1.77. The highest BCUT2D eigenvalue weighted by molar-refractivity contribution is 7.10. The number of ether oxygens (including phenoxy) is 1. The van der Waals surface area contributed by atoms with E-state index in [1.54, 1.807) is 0 Å². The summed E-state index contributed by atoms with van der Waals surface area (Å²) in [5.74, 6) is 2.29. The minimum absolute atomic E-state index is 0.0959. The van der Waals surface area contributed by atoms with Gasteiger partial charge in [-0.1, -0.05) is 0 Å². The molecule has 1 amide bonds. The molecule has 152 valence electrons. The standard InChI is InChI=1S/C20H29N5O2S/c1-15-6-13-28-17(15)14-24-8-3-19-23-22-18(25(19)10-9-24)2-7-21-20(26)16-4-11-27-12-5-16/h6,13,16H,2-5,7-12,14H2,1H3,(H,21,26). The van der Waals surface area contributed by atoms with Crippen LogP contribution in [0, 0.1) is 12.8 Å². The number of fused-ring (bicyclic) bond motifs is 1. The number of nitrogens with zero attached hydrogens (tertiary/aromatic N) is 4. The quantitative estimate of drug-likeness (QED) is 0.796. The number of hydrogen-bond acceptors (Lipinski definition) is 6. The molecule has 0 spiro atoms. The van der Waals surface area contributed by atoms with Gasteiger partial charge in [0.2, 0.25) is 5.91 Å². The molecule has 0 saturated carbocycles. The Morgan fingerprint density at radius 1 is 1.29 bits per heavy atom. The second kappa shape index (κ2) is 9.15. The Kier molecular flexibility index (Phi) is 6.39. The van der Waals surface area contributed by atoms with E-state index in [-0.39, 0.29) is 11.8 Å². The van der Waals surface area contributed by atoms with Crippen molar-refractivity contribution in [2.24, 2.45) is 5.92 Å². The molecule has 0 aliphatic carbocycles. The summed E-state index contributed by atoms with van der Waals surface area (Å²) < 4.78 is 7.58. The van der Waals surface area contributed by atoms with Gasteiger partial charge in [0.15, 0.2) is 0 Å². The van der Waals surface area contributed by atoms with Gasteiger partial charge >= 0.3 is 0 Å². The van der Waals surface area contributed by atoms with Crippen molar-refractivity contribution in [1.29, 1.82) is 0 Å². The molecule has 0 bridgehead atoms. The van der Waals surface area contributed by atoms with Gasteiger partial charge in [0.1, 0.15) is 11.6 Å². The summed E-state index contributed by atoms with van der Waals surface area (Å²) in [5, 5.41) is 14.0. The lowest BCUT2D eigenvalue weighted by atomic mass is 9.99. The van der Waals surface area contributed by atoms with E-state index in [1.807, 2.05) is 11.3 Å². The summed E-state index contributed by atoms with van der Waals surface area (Å²) in [4.78, 5) is 16.2. The van der Waals surface area contributed by atoms with E-state index in [1.165, 1.54) is 10.4 Å². The predicted octanol–water partition coefficient (Wildman–Crippen LogP) is 1.79. The predicted molar refractivity (Wildman–Crippen MR) is 108 cm³/mol. The number of amides is 1. The Bertz CT molecular complexity index is 796. The largest absolute Gasteiger partial charge is 0.381 e. The highest BCUT2D eigenvalue weighted by Gasteiger charge is 2.22. The summed E-state index contributed by atoms with van der Waals surface area (Å²) in [6.45, 7) is 8.13. The Morgan fingerprint density at radius 3 is 2.93 bits per heavy atom. The van der Waals surface area contributed by atoms with Crippen molar-refractivity contribution in [3.05, 3.63) is 33.5 Å². The molecule has 2 aliphatic rings. The number of carbonyl (C=O) groups is 1. The summed E-state index contributed by atoms with van der Waals surface area (Å²) in [7, 11) is 0. The van der Waals surface area contributed by atoms with Crippen molar-refractivity contribution in [2.75, 3.05) is 32.8 Å². The molecule has 1 fully saturated rings. The summed E-state index contributed by atoms with van der Waals surface area (Å²) >= 11 is 1.84. The number of rotatable bonds is 6. The Labute approximate surface area is 170 Å². The van der Waals surface area contributed by atoms with Crippen molar-refractivity contribution in [3.8, 4) is 0 Å². The SMILES string of the molecule is Cc1ccsc1CN1CCc2nnc(CCNC(=O)C3CCOCC3)n2CC1. The average Bonchev–Trinajstić information content (AvgIpc) is 3.24. The molecule has 0 atom stereocenters. The molecule has 4 rings (SSSR count). The maximum Gasteiger partial charge on any atom is 0.223 e. The second-order valence-corrected chi connectivity index (χ2v) is 8.67. The monoisotopic (exact) mass is 403 g/mol. The maximum atomic E-state index is 12.3. The number of hydrogen-bond donors (Lipinski definition) is 1. The Morgan fingerprint density at radius 2 is 2.14 bits per heavy atom. The molecule has 2 aromatic heterocycles. The topological polar surface area (TPSA) is 72.3 Å². The van der Waals surface area contributed by atoms with Crippen LogP contribution in [0.4, 0.5) is 0 Å². The minimum atomic E-state index is 0.0959. The lowest BCUT2D eigenvalue weighted by Crippen LogP contribution is -2.35. The molecule has 8 heteroatoms. The van der Waals surface area contributed by atoms with Gasteiger partial charge in [-0.25, -0.2) is 0 Å². The highest BCUT2D eigenvalue weighted by Crippen LogP contribution is 2.19. The van der Waals surface area contributed by atoms with Gasteiger partial charge in [-0.2, -0.15) is 0 Å². The molecule has 0 unspecified atom stereocenters. The van der Waals surface area contributed by atoms with E-state index in [4.69, 9.17) is 4.74 Å². The molecule has 7 nitrogen and oxygen atoms in total. The summed E-state index contributed by atoms with van der Waals surface area (Å²) in [6.07, 6.45) is 3.30. The van der Waals surface area contributed by atoms with Gasteiger partial charge in [0, 0.05) is 69.6 Å². The lowest BCUT2D eigenvalue weighted by Gasteiger charge is -2.21. The fourth-order valence-corrected chi connectivity index (χ4v) is 4.89. The van der Waals surface area contributed by atoms with Crippen LogP contribution < -0.4 is 5.32 Å². The fourth-order valence-electron chi connectivity index (χ4n) is 3.94. The van der Waals surface area contributed by atoms with Crippen LogP contribution in [-0.4, -0.2) is 58.4 Å². The summed E-state index contributed by atoms with van der Waals surface area (Å²) in [6, 6.07) is 2.19. The van der Waals surface area contributed by atoms with Crippen LogP contribution in [0.15, 0.2) is 11.4 Å². The van der Waals surface area contributed by atoms with Crippen LogP contribution in [0.1, 0.15) is 34.9 Å². The lowest BCUT2D eigenvalue weighted by molar-refractivity contribution is -0.127. The first-order valence-corrected chi connectivity index (χ1v) is 11.1. The van der Waals surface area contributed by atoms with Crippen LogP contribution in [0.5, 0.6) is 0 Å². The molecular formula is C20H29N5O2S. The zero-order chi connectivity index (χ0) is 19.3. The third-order valence-corrected chi connectivity index (χ3v) is 6.78. The van der Waals surface area contributed by atoms with Crippen molar-refractivity contribution < 1.29 is 9.53 Å². The van der Waals surface area contributed by atoms with Gasteiger partial charge < -0.3 is 14.6 Å². The number of aryl methyl sites for hydroxylation is 1. The normalized spacial score (nSPS) is 18.6. The van der Waals surface area contributed by atoms with Crippen molar-refractivity contribution in [3.63, 3.8) is 0 Å². The molecule has 2 aliphatic heterocycles. The molecule has 4 heterocycles. The van der Waals surface area contributed by atoms with Gasteiger partial charge in [-0.15, -0.1) is 21.5 Å². The maximum absolute atomic E-state index is 12.3. The summed E-state index contributed by atoms with van der Waals surface area (Å²) in [5.41, 5.74) is 1.38. The first kappa shape index (κ1) is 19.5. The molecule has 0 radical (unpaired) electrons. The first-order chi connectivity index (χ1) is 13.7. The average molecular weight is 404 g/mol. The van der Waals surface area contributed by atoms with Gasteiger partial charge in [0.05, 0.1) is 0 Å². The molecular weight excluding hydrogens is 374 g/mol. The van der Waals surface area contributed by atoms with E-state index in [0.29, 0.717) is 19.8 Å². The molecule has 0 aromatic carbocycles. The number of carbonyl (C=O) groups excluding carboxylic acids is 1. The fraction of sp³-hybridized carbons (Fsp3) is 0.650. The zero-order valence-electron chi connectivity index (χ0n) is 16.5. The third kappa shape index (κ3) is 4.61. The molecule has 28 heavy (non-hydrogen) atoms. The molecule has 1 saturated heterocycles. The smallest absolute Gasteiger partial charge is 0.223 e. The number of aromatic nitrogens is 3. The van der Waals surface area contributed by atoms with Crippen LogP contribution in [-0.2, 0) is 35.5 Å². The highest BCUT2D eigenvalue weighted by atomic mass is 32.1. The minimum Gasteiger partial charge on any atom is -0.381 e. The van der Waals surface area contributed by atoms with Crippen LogP contribution in [0.2, 0.25) is 0 Å². The van der Waals surface area contributed by atoms with Gasteiger partial charge in [-0.05, 0) is 36.8 Å². The Balaban J connectivity index is 1.28. The van der Waals surface area contributed by atoms with Crippen LogP contribution in [0.3, 0.4) is 0 Å².